The topological polar surface area (TPSA) is 64.7 Å². The van der Waals surface area contributed by atoms with Gasteiger partial charge in [-0.05, 0) is 11.3 Å². The van der Waals surface area contributed by atoms with E-state index in [0.717, 1.165) is 16.9 Å². The van der Waals surface area contributed by atoms with E-state index in [4.69, 9.17) is 0 Å². The molecule has 6 heteroatoms. The second-order valence-corrected chi connectivity index (χ2v) is 2.79. The minimum absolute atomic E-state index is 0.608. The molecule has 0 unspecified atom stereocenters. The first-order valence-corrected chi connectivity index (χ1v) is 3.91. The summed E-state index contributed by atoms with van der Waals surface area (Å²) in [6.07, 6.45) is 0. The van der Waals surface area contributed by atoms with Crippen LogP contribution in [0.25, 0.3) is 0 Å². The van der Waals surface area contributed by atoms with Crippen LogP contribution < -0.4 is 10.7 Å². The molecule has 1 aromatic rings. The highest BCUT2D eigenvalue weighted by Gasteiger charge is 2.21. The van der Waals surface area contributed by atoms with E-state index in [0.29, 0.717) is 6.54 Å². The van der Waals surface area contributed by atoms with Crippen LogP contribution in [0, 0.1) is 0 Å². The lowest BCUT2D eigenvalue weighted by Crippen LogP contribution is -2.32. The van der Waals surface area contributed by atoms with Crippen LogP contribution >= 0.6 is 0 Å². The number of hydrazine groups is 1. The van der Waals surface area contributed by atoms with Gasteiger partial charge < -0.3 is 0 Å². The van der Waals surface area contributed by atoms with Gasteiger partial charge in [-0.2, -0.15) is 10.6 Å². The number of benzene rings is 1. The molecule has 6 nitrogen and oxygen atoms in total. The van der Waals surface area contributed by atoms with Crippen molar-refractivity contribution >= 4 is 11.4 Å². The number of nitrogens with one attached hydrogen (secondary N) is 1. The van der Waals surface area contributed by atoms with Gasteiger partial charge in [-0.1, -0.05) is 17.4 Å². The fourth-order valence-corrected chi connectivity index (χ4v) is 1.43. The summed E-state index contributed by atoms with van der Waals surface area (Å²) >= 11 is 0. The molecule has 0 amide bonds. The largest absolute Gasteiger partial charge is 0.177 e. The summed E-state index contributed by atoms with van der Waals surface area (Å²) in [6.45, 7) is 0.608. The minimum Gasteiger partial charge on any atom is -0.177 e. The molecule has 64 valence electrons. The standard InChI is InChI=1S/C7H6N6/c1-2-5-4-8-11-13-7(5)6(3-1)9-10-12-13/h1-3H,4H2,(H,9,12). The van der Waals surface area contributed by atoms with Crippen molar-refractivity contribution in [1.29, 1.82) is 0 Å². The molecule has 13 heavy (non-hydrogen) atoms. The SMILES string of the molecule is c1cc2c3c(c1)N=NNN3N=NC2. The monoisotopic (exact) mass is 174 g/mol. The lowest BCUT2D eigenvalue weighted by atomic mass is 10.1. The molecular weight excluding hydrogens is 168 g/mol. The Bertz CT molecular complexity index is 409. The molecule has 0 saturated heterocycles. The molecule has 0 spiro atoms. The third-order valence-corrected chi connectivity index (χ3v) is 2.00. The van der Waals surface area contributed by atoms with Crippen molar-refractivity contribution in [3.8, 4) is 0 Å². The molecule has 0 saturated carbocycles. The van der Waals surface area contributed by atoms with Crippen molar-refractivity contribution in [2.75, 3.05) is 5.12 Å². The summed E-state index contributed by atoms with van der Waals surface area (Å²) in [5.74, 6) is 0. The summed E-state index contributed by atoms with van der Waals surface area (Å²) in [6, 6.07) is 5.85. The van der Waals surface area contributed by atoms with Gasteiger partial charge in [0.15, 0.2) is 0 Å². The fourth-order valence-electron chi connectivity index (χ4n) is 1.43. The normalized spacial score (nSPS) is 16.8. The maximum absolute atomic E-state index is 3.96. The van der Waals surface area contributed by atoms with Crippen molar-refractivity contribution in [2.24, 2.45) is 20.7 Å². The Kier molecular flexibility index (Phi) is 1.13. The van der Waals surface area contributed by atoms with Gasteiger partial charge in [0.25, 0.3) is 0 Å². The van der Waals surface area contributed by atoms with Gasteiger partial charge in [-0.3, -0.25) is 0 Å². The van der Waals surface area contributed by atoms with Crippen LogP contribution in [0.3, 0.4) is 0 Å². The fraction of sp³-hybridized carbons (Fsp3) is 0.143. The quantitative estimate of drug-likeness (QED) is 0.652. The molecular formula is C7H6N6. The van der Waals surface area contributed by atoms with Crippen molar-refractivity contribution in [1.82, 2.24) is 5.53 Å². The van der Waals surface area contributed by atoms with Crippen molar-refractivity contribution in [3.05, 3.63) is 23.8 Å². The molecule has 0 aliphatic carbocycles. The van der Waals surface area contributed by atoms with Crippen molar-refractivity contribution < 1.29 is 0 Å². The zero-order valence-corrected chi connectivity index (χ0v) is 6.68. The first kappa shape index (κ1) is 6.53. The summed E-state index contributed by atoms with van der Waals surface area (Å²) in [7, 11) is 0. The summed E-state index contributed by atoms with van der Waals surface area (Å²) < 4.78 is 0. The van der Waals surface area contributed by atoms with Gasteiger partial charge in [-0.25, -0.2) is 0 Å². The lowest BCUT2D eigenvalue weighted by molar-refractivity contribution is 0.580. The second-order valence-electron chi connectivity index (χ2n) is 2.79. The van der Waals surface area contributed by atoms with E-state index < -0.39 is 0 Å². The van der Waals surface area contributed by atoms with Crippen LogP contribution in [0.5, 0.6) is 0 Å². The first-order chi connectivity index (χ1) is 6.45. The molecule has 1 N–H and O–H groups in total. The minimum atomic E-state index is 0.608. The molecule has 2 aliphatic heterocycles. The molecule has 0 fully saturated rings. The Hall–Kier alpha value is -1.98. The second kappa shape index (κ2) is 2.25. The van der Waals surface area contributed by atoms with E-state index in [1.807, 2.05) is 18.2 Å². The summed E-state index contributed by atoms with van der Waals surface area (Å²) in [5.41, 5.74) is 5.54. The Morgan fingerprint density at radius 1 is 1.38 bits per heavy atom. The van der Waals surface area contributed by atoms with Crippen LogP contribution in [0.1, 0.15) is 5.56 Å². The Labute approximate surface area is 73.9 Å². The van der Waals surface area contributed by atoms with Gasteiger partial charge in [0.1, 0.15) is 11.4 Å². The molecule has 0 aromatic heterocycles. The summed E-state index contributed by atoms with van der Waals surface area (Å²) in [5, 5.41) is 17.0. The smallest absolute Gasteiger partial charge is 0.119 e. The number of rotatable bonds is 0. The predicted molar refractivity (Wildman–Crippen MR) is 45.1 cm³/mol. The van der Waals surface area contributed by atoms with Crippen LogP contribution in [-0.2, 0) is 6.54 Å². The highest BCUT2D eigenvalue weighted by atomic mass is 15.9. The zero-order chi connectivity index (χ0) is 8.67. The Morgan fingerprint density at radius 3 is 3.38 bits per heavy atom. The van der Waals surface area contributed by atoms with Crippen LogP contribution in [0.4, 0.5) is 11.4 Å². The average Bonchev–Trinajstić information content (AvgIpc) is 2.19. The van der Waals surface area contributed by atoms with E-state index in [1.165, 1.54) is 5.12 Å². The van der Waals surface area contributed by atoms with Gasteiger partial charge >= 0.3 is 0 Å². The van der Waals surface area contributed by atoms with Gasteiger partial charge in [0.2, 0.25) is 0 Å². The Balaban J connectivity index is 2.29. The van der Waals surface area contributed by atoms with Crippen LogP contribution in [0.15, 0.2) is 38.9 Å². The van der Waals surface area contributed by atoms with E-state index in [2.05, 4.69) is 26.2 Å². The number of nitrogens with zero attached hydrogens (tertiary/aromatic N) is 5. The van der Waals surface area contributed by atoms with Crippen LogP contribution in [-0.4, -0.2) is 0 Å². The van der Waals surface area contributed by atoms with E-state index in [1.54, 1.807) is 0 Å². The van der Waals surface area contributed by atoms with Gasteiger partial charge in [-0.15, -0.1) is 10.2 Å². The predicted octanol–water partition coefficient (Wildman–Crippen LogP) is 1.89. The number of anilines is 1. The maximum Gasteiger partial charge on any atom is 0.119 e. The number of hydrogen-bond acceptors (Lipinski definition) is 6. The number of hydrogen-bond donors (Lipinski definition) is 1. The van der Waals surface area contributed by atoms with E-state index in [-0.39, 0.29) is 0 Å². The highest BCUT2D eigenvalue weighted by Crippen LogP contribution is 2.36. The molecule has 2 heterocycles. The summed E-state index contributed by atoms with van der Waals surface area (Å²) in [4.78, 5) is 0. The van der Waals surface area contributed by atoms with E-state index >= 15 is 0 Å². The van der Waals surface area contributed by atoms with Crippen LogP contribution in [0.2, 0.25) is 0 Å². The molecule has 2 aliphatic rings. The lowest BCUT2D eigenvalue weighted by Gasteiger charge is -2.25. The van der Waals surface area contributed by atoms with Gasteiger partial charge in [0.05, 0.1) is 6.54 Å². The molecule has 1 aromatic carbocycles. The molecule has 0 atom stereocenters. The first-order valence-electron chi connectivity index (χ1n) is 3.91. The molecule has 0 bridgehead atoms. The highest BCUT2D eigenvalue weighted by molar-refractivity contribution is 5.71. The Morgan fingerprint density at radius 2 is 2.38 bits per heavy atom. The number of para-hydroxylation sites is 1. The third-order valence-electron chi connectivity index (χ3n) is 2.00. The van der Waals surface area contributed by atoms with Gasteiger partial charge in [0, 0.05) is 5.56 Å². The average molecular weight is 174 g/mol. The third kappa shape index (κ3) is 0.821. The maximum atomic E-state index is 3.96. The van der Waals surface area contributed by atoms with E-state index in [9.17, 15) is 0 Å². The molecule has 0 radical (unpaired) electrons. The zero-order valence-electron chi connectivity index (χ0n) is 6.68. The van der Waals surface area contributed by atoms with Crippen molar-refractivity contribution in [3.63, 3.8) is 0 Å². The molecule has 3 rings (SSSR count). The van der Waals surface area contributed by atoms with Crippen molar-refractivity contribution in [2.45, 2.75) is 6.54 Å².